The molecule has 0 radical (unpaired) electrons. The number of aromatic hydroxyl groups is 1. The quantitative estimate of drug-likeness (QED) is 0.650. The van der Waals surface area contributed by atoms with Gasteiger partial charge in [-0.25, -0.2) is 0 Å². The van der Waals surface area contributed by atoms with Crippen molar-refractivity contribution in [3.63, 3.8) is 0 Å². The van der Waals surface area contributed by atoms with Gasteiger partial charge in [0.15, 0.2) is 0 Å². The molecular weight excluding hydrogens is 200 g/mol. The summed E-state index contributed by atoms with van der Waals surface area (Å²) in [7, 11) is 0. The molecule has 3 N–H and O–H groups in total. The largest absolute Gasteiger partial charge is 0.508 e. The van der Waals surface area contributed by atoms with E-state index in [0.29, 0.717) is 12.1 Å². The number of phenols is 1. The maximum absolute atomic E-state index is 9.34. The number of phenolic OH excluding ortho intramolecular Hbond substituents is 1. The van der Waals surface area contributed by atoms with Gasteiger partial charge in [-0.2, -0.15) is 0 Å². The lowest BCUT2D eigenvalue weighted by Gasteiger charge is -2.11. The standard InChI is InChI=1S/C13H16N2O/c1-10(8-12(15)5-3-7-14)11-4-2-6-13(16)9-11/h2-7,9-10,14-16H,8H2,1H3/b5-3-,14-7?,15-12?. The third-order valence-electron chi connectivity index (χ3n) is 2.36. The summed E-state index contributed by atoms with van der Waals surface area (Å²) in [4.78, 5) is 0. The highest BCUT2D eigenvalue weighted by Crippen LogP contribution is 2.22. The Bertz CT molecular complexity index is 410. The first kappa shape index (κ1) is 12.2. The molecule has 0 spiro atoms. The molecule has 0 amide bonds. The van der Waals surface area contributed by atoms with Gasteiger partial charge in [0, 0.05) is 11.9 Å². The Morgan fingerprint density at radius 1 is 1.50 bits per heavy atom. The van der Waals surface area contributed by atoms with Crippen LogP contribution in [0.15, 0.2) is 36.4 Å². The molecule has 16 heavy (non-hydrogen) atoms. The second kappa shape index (κ2) is 5.85. The van der Waals surface area contributed by atoms with Gasteiger partial charge in [0.1, 0.15) is 5.75 Å². The lowest BCUT2D eigenvalue weighted by molar-refractivity contribution is 0.474. The molecule has 0 aromatic heterocycles. The van der Waals surface area contributed by atoms with Crippen LogP contribution in [0, 0.1) is 10.8 Å². The van der Waals surface area contributed by atoms with Crippen molar-refractivity contribution in [3.8, 4) is 5.75 Å². The van der Waals surface area contributed by atoms with Gasteiger partial charge < -0.3 is 15.9 Å². The lowest BCUT2D eigenvalue weighted by atomic mass is 9.95. The van der Waals surface area contributed by atoms with Crippen molar-refractivity contribution >= 4 is 11.9 Å². The van der Waals surface area contributed by atoms with Gasteiger partial charge in [-0.3, -0.25) is 0 Å². The first-order valence-corrected chi connectivity index (χ1v) is 5.17. The van der Waals surface area contributed by atoms with E-state index >= 15 is 0 Å². The first-order valence-electron chi connectivity index (χ1n) is 5.17. The second-order valence-corrected chi connectivity index (χ2v) is 3.75. The zero-order valence-electron chi connectivity index (χ0n) is 9.27. The van der Waals surface area contributed by atoms with Gasteiger partial charge in [0.05, 0.1) is 0 Å². The molecule has 0 saturated carbocycles. The normalized spacial score (nSPS) is 12.6. The molecule has 0 bridgehead atoms. The first-order chi connectivity index (χ1) is 7.63. The number of hydrogen-bond donors (Lipinski definition) is 3. The monoisotopic (exact) mass is 216 g/mol. The Hall–Kier alpha value is -1.90. The summed E-state index contributed by atoms with van der Waals surface area (Å²) >= 11 is 0. The van der Waals surface area contributed by atoms with Crippen molar-refractivity contribution in [1.82, 2.24) is 0 Å². The maximum atomic E-state index is 9.34. The molecule has 0 heterocycles. The number of nitrogens with one attached hydrogen (secondary N) is 2. The van der Waals surface area contributed by atoms with Crippen LogP contribution in [-0.2, 0) is 0 Å². The summed E-state index contributed by atoms with van der Waals surface area (Å²) in [5, 5.41) is 23.8. The molecule has 3 heteroatoms. The molecule has 1 aromatic carbocycles. The SMILES string of the molecule is CC(CC(=N)/C=C\C=N)c1cccc(O)c1. The number of rotatable bonds is 5. The minimum Gasteiger partial charge on any atom is -0.508 e. The van der Waals surface area contributed by atoms with E-state index in [9.17, 15) is 5.11 Å². The molecule has 84 valence electrons. The van der Waals surface area contributed by atoms with Crippen molar-refractivity contribution in [1.29, 1.82) is 10.8 Å². The van der Waals surface area contributed by atoms with Crippen molar-refractivity contribution in [2.24, 2.45) is 0 Å². The fourth-order valence-corrected chi connectivity index (χ4v) is 1.51. The molecule has 0 aliphatic rings. The Morgan fingerprint density at radius 2 is 2.25 bits per heavy atom. The van der Waals surface area contributed by atoms with Crippen LogP contribution in [0.2, 0.25) is 0 Å². The third-order valence-corrected chi connectivity index (χ3v) is 2.36. The average Bonchev–Trinajstić information content (AvgIpc) is 2.26. The number of hydrogen-bond acceptors (Lipinski definition) is 3. The highest BCUT2D eigenvalue weighted by atomic mass is 16.3. The summed E-state index contributed by atoms with van der Waals surface area (Å²) in [6, 6.07) is 7.10. The van der Waals surface area contributed by atoms with Gasteiger partial charge in [-0.1, -0.05) is 19.1 Å². The summed E-state index contributed by atoms with van der Waals surface area (Å²) < 4.78 is 0. The molecule has 0 aliphatic carbocycles. The van der Waals surface area contributed by atoms with Crippen LogP contribution < -0.4 is 0 Å². The van der Waals surface area contributed by atoms with E-state index in [0.717, 1.165) is 11.8 Å². The zero-order valence-corrected chi connectivity index (χ0v) is 9.27. The Balaban J connectivity index is 2.65. The van der Waals surface area contributed by atoms with Crippen molar-refractivity contribution in [2.75, 3.05) is 0 Å². The van der Waals surface area contributed by atoms with E-state index in [1.165, 1.54) is 6.08 Å². The number of benzene rings is 1. The van der Waals surface area contributed by atoms with Crippen LogP contribution in [0.4, 0.5) is 0 Å². The van der Waals surface area contributed by atoms with E-state index in [1.54, 1.807) is 24.3 Å². The second-order valence-electron chi connectivity index (χ2n) is 3.75. The fraction of sp³-hybridized carbons (Fsp3) is 0.231. The predicted octanol–water partition coefficient (Wildman–Crippen LogP) is 3.11. The zero-order chi connectivity index (χ0) is 12.0. The minimum atomic E-state index is 0.190. The Morgan fingerprint density at radius 3 is 2.88 bits per heavy atom. The molecule has 0 aliphatic heterocycles. The van der Waals surface area contributed by atoms with Gasteiger partial charge in [-0.05, 0) is 42.2 Å². The molecule has 1 atom stereocenters. The van der Waals surface area contributed by atoms with E-state index in [2.05, 4.69) is 0 Å². The maximum Gasteiger partial charge on any atom is 0.115 e. The van der Waals surface area contributed by atoms with Crippen LogP contribution >= 0.6 is 0 Å². The average molecular weight is 216 g/mol. The van der Waals surface area contributed by atoms with Crippen LogP contribution in [0.5, 0.6) is 5.75 Å². The Labute approximate surface area is 95.5 Å². The smallest absolute Gasteiger partial charge is 0.115 e. The molecule has 3 nitrogen and oxygen atoms in total. The summed E-state index contributed by atoms with van der Waals surface area (Å²) in [5.41, 5.74) is 1.51. The van der Waals surface area contributed by atoms with Crippen LogP contribution in [0.25, 0.3) is 0 Å². The number of allylic oxidation sites excluding steroid dienone is 2. The van der Waals surface area contributed by atoms with Crippen molar-refractivity contribution in [3.05, 3.63) is 42.0 Å². The summed E-state index contributed by atoms with van der Waals surface area (Å²) in [6.07, 6.45) is 4.92. The molecular formula is C13H16N2O. The molecule has 1 rings (SSSR count). The van der Waals surface area contributed by atoms with Crippen LogP contribution in [-0.4, -0.2) is 17.0 Å². The summed E-state index contributed by atoms with van der Waals surface area (Å²) in [6.45, 7) is 2.02. The predicted molar refractivity (Wildman–Crippen MR) is 66.8 cm³/mol. The highest BCUT2D eigenvalue weighted by molar-refractivity contribution is 5.95. The van der Waals surface area contributed by atoms with Gasteiger partial charge in [0.25, 0.3) is 0 Å². The van der Waals surface area contributed by atoms with Gasteiger partial charge in [-0.15, -0.1) is 0 Å². The highest BCUT2D eigenvalue weighted by Gasteiger charge is 2.07. The van der Waals surface area contributed by atoms with E-state index in [1.807, 2.05) is 13.0 Å². The summed E-state index contributed by atoms with van der Waals surface area (Å²) in [5.74, 6) is 0.445. The van der Waals surface area contributed by atoms with E-state index in [4.69, 9.17) is 10.8 Å². The molecule has 0 saturated heterocycles. The topological polar surface area (TPSA) is 67.9 Å². The molecule has 0 fully saturated rings. The minimum absolute atomic E-state index is 0.190. The van der Waals surface area contributed by atoms with Crippen LogP contribution in [0.3, 0.4) is 0 Å². The van der Waals surface area contributed by atoms with Crippen LogP contribution in [0.1, 0.15) is 24.8 Å². The fourth-order valence-electron chi connectivity index (χ4n) is 1.51. The molecule has 1 unspecified atom stereocenters. The lowest BCUT2D eigenvalue weighted by Crippen LogP contribution is -2.00. The van der Waals surface area contributed by atoms with Crippen molar-refractivity contribution in [2.45, 2.75) is 19.3 Å². The van der Waals surface area contributed by atoms with Gasteiger partial charge >= 0.3 is 0 Å². The van der Waals surface area contributed by atoms with Gasteiger partial charge in [0.2, 0.25) is 0 Å². The molecule has 1 aromatic rings. The van der Waals surface area contributed by atoms with E-state index < -0.39 is 0 Å². The Kier molecular flexibility index (Phi) is 4.45. The third kappa shape index (κ3) is 3.69. The van der Waals surface area contributed by atoms with E-state index in [-0.39, 0.29) is 11.7 Å². The van der Waals surface area contributed by atoms with Crippen molar-refractivity contribution < 1.29 is 5.11 Å².